The fourth-order valence-electron chi connectivity index (χ4n) is 6.53. The van der Waals surface area contributed by atoms with Gasteiger partial charge in [0.1, 0.15) is 11.4 Å². The number of allylic oxidation sites excluding steroid dienone is 1. The highest BCUT2D eigenvalue weighted by Gasteiger charge is 2.46. The van der Waals surface area contributed by atoms with Crippen LogP contribution in [-0.2, 0) is 11.3 Å². The first-order chi connectivity index (χ1) is 18.9. The number of rotatable bonds is 5. The van der Waals surface area contributed by atoms with Gasteiger partial charge in [0.2, 0.25) is 0 Å². The van der Waals surface area contributed by atoms with Crippen LogP contribution in [0.3, 0.4) is 0 Å². The number of hydrogen-bond acceptors (Lipinski definition) is 6. The molecule has 2 fully saturated rings. The summed E-state index contributed by atoms with van der Waals surface area (Å²) < 4.78 is 13.2. The summed E-state index contributed by atoms with van der Waals surface area (Å²) in [7, 11) is 1.70. The van der Waals surface area contributed by atoms with Gasteiger partial charge in [-0.2, -0.15) is 0 Å². The number of piperidine rings is 1. The average Bonchev–Trinajstić information content (AvgIpc) is 3.35. The van der Waals surface area contributed by atoms with E-state index in [4.69, 9.17) is 20.4 Å². The van der Waals surface area contributed by atoms with Crippen molar-refractivity contribution in [3.8, 4) is 5.75 Å². The quantitative estimate of drug-likeness (QED) is 0.125. The Balaban J connectivity index is 1.53. The monoisotopic (exact) mass is 544 g/mol. The van der Waals surface area contributed by atoms with E-state index in [0.717, 1.165) is 60.0 Å². The number of nitrogens with two attached hydrogens (primary N) is 1. The van der Waals surface area contributed by atoms with E-state index in [9.17, 15) is 4.79 Å². The van der Waals surface area contributed by atoms with E-state index in [2.05, 4.69) is 28.8 Å². The molecule has 40 heavy (non-hydrogen) atoms. The summed E-state index contributed by atoms with van der Waals surface area (Å²) in [4.78, 5) is 15.6. The van der Waals surface area contributed by atoms with Gasteiger partial charge in [-0.05, 0) is 88.6 Å². The maximum absolute atomic E-state index is 13.1. The van der Waals surface area contributed by atoms with E-state index in [-0.39, 0.29) is 17.3 Å². The third kappa shape index (κ3) is 5.20. The van der Waals surface area contributed by atoms with Crippen molar-refractivity contribution >= 4 is 22.8 Å². The third-order valence-electron chi connectivity index (χ3n) is 8.35. The normalized spacial score (nSPS) is 19.6. The van der Waals surface area contributed by atoms with Crippen molar-refractivity contribution in [1.29, 1.82) is 0 Å². The maximum atomic E-state index is 13.1. The first-order valence-electron chi connectivity index (χ1n) is 13.8. The molecule has 2 heterocycles. The van der Waals surface area contributed by atoms with E-state index >= 15 is 0 Å². The highest BCUT2D eigenvalue weighted by Crippen LogP contribution is 2.56. The Morgan fingerprint density at radius 1 is 1.23 bits per heavy atom. The number of nitrogens with zero attached hydrogens (tertiary/aromatic N) is 3. The molecule has 0 unspecified atom stereocenters. The molecule has 1 saturated heterocycles. The molecule has 5 rings (SSSR count). The minimum absolute atomic E-state index is 0.0973. The molecule has 3 aromatic rings. The van der Waals surface area contributed by atoms with Gasteiger partial charge in [-0.15, -0.1) is 0 Å². The zero-order valence-corrected chi connectivity index (χ0v) is 24.2. The second kappa shape index (κ2) is 10.3. The van der Waals surface area contributed by atoms with E-state index in [1.165, 1.54) is 11.1 Å². The minimum atomic E-state index is -0.593. The van der Waals surface area contributed by atoms with Crippen molar-refractivity contribution in [1.82, 2.24) is 9.47 Å². The van der Waals surface area contributed by atoms with Crippen LogP contribution in [0.1, 0.15) is 74.8 Å². The van der Waals surface area contributed by atoms with Crippen molar-refractivity contribution in [3.63, 3.8) is 0 Å². The van der Waals surface area contributed by atoms with Crippen LogP contribution in [0.2, 0.25) is 0 Å². The highest BCUT2D eigenvalue weighted by atomic mass is 16.6. The van der Waals surface area contributed by atoms with Crippen molar-refractivity contribution in [2.45, 2.75) is 71.6 Å². The van der Waals surface area contributed by atoms with Crippen molar-refractivity contribution < 1.29 is 19.5 Å². The lowest BCUT2D eigenvalue weighted by atomic mass is 9.59. The number of amidine groups is 1. The van der Waals surface area contributed by atoms with Crippen LogP contribution in [0, 0.1) is 12.3 Å². The number of methoxy groups -OCH3 is 1. The number of benzene rings is 2. The largest absolute Gasteiger partial charge is 0.496 e. The molecule has 2 aliphatic rings. The van der Waals surface area contributed by atoms with Gasteiger partial charge in [-0.25, -0.2) is 4.79 Å². The third-order valence-corrected chi connectivity index (χ3v) is 8.35. The van der Waals surface area contributed by atoms with Crippen LogP contribution in [0.15, 0.2) is 59.9 Å². The topological polar surface area (TPSA) is 102 Å². The molecule has 1 aliphatic carbocycles. The number of aryl methyl sites for hydroxylation is 1. The van der Waals surface area contributed by atoms with Gasteiger partial charge >= 0.3 is 6.09 Å². The number of oxime groups is 1. The standard InChI is InChI=1S/C32H40N4O4/c1-20-16-32(17-20)12-14-35(26(18-32)22-7-9-23(10-8-22)29(33)34-38)19-25-24-11-13-36(30(37)40-31(3,4)5)28(24)21(2)15-27(25)39-6/h7-11,13,15,26,38H,1,12,14,16-19H2,2-6H3,(H2,33,34)/t26-/m0/s1. The second-order valence-corrected chi connectivity index (χ2v) is 12.5. The molecule has 1 spiro atoms. The number of carbonyl (C=O) groups excluding carboxylic acids is 1. The zero-order chi connectivity index (χ0) is 28.8. The van der Waals surface area contributed by atoms with Crippen LogP contribution in [0.4, 0.5) is 4.79 Å². The zero-order valence-electron chi connectivity index (χ0n) is 24.2. The molecule has 0 bridgehead atoms. The number of aromatic nitrogens is 1. The summed E-state index contributed by atoms with van der Waals surface area (Å²) in [5.74, 6) is 0.908. The molecule has 212 valence electrons. The summed E-state index contributed by atoms with van der Waals surface area (Å²) in [6, 6.07) is 12.2. The van der Waals surface area contributed by atoms with Gasteiger partial charge in [0.05, 0.1) is 12.6 Å². The molecule has 2 aromatic carbocycles. The lowest BCUT2D eigenvalue weighted by molar-refractivity contribution is 0.0174. The number of likely N-dealkylation sites (tertiary alicyclic amines) is 1. The Bertz CT molecular complexity index is 1470. The van der Waals surface area contributed by atoms with Crippen molar-refractivity contribution in [2.24, 2.45) is 16.3 Å². The van der Waals surface area contributed by atoms with Crippen LogP contribution in [0.5, 0.6) is 5.75 Å². The summed E-state index contributed by atoms with van der Waals surface area (Å²) in [5.41, 5.74) is 11.6. The number of hydrogen-bond donors (Lipinski definition) is 2. The Morgan fingerprint density at radius 2 is 1.93 bits per heavy atom. The molecule has 3 N–H and O–H groups in total. The predicted octanol–water partition coefficient (Wildman–Crippen LogP) is 6.51. The van der Waals surface area contributed by atoms with E-state index in [0.29, 0.717) is 12.1 Å². The Morgan fingerprint density at radius 3 is 2.52 bits per heavy atom. The Labute approximate surface area is 236 Å². The maximum Gasteiger partial charge on any atom is 0.419 e. The Hall–Kier alpha value is -3.78. The molecule has 0 amide bonds. The summed E-state index contributed by atoms with van der Waals surface area (Å²) >= 11 is 0. The van der Waals surface area contributed by atoms with Crippen molar-refractivity contribution in [3.05, 3.63) is 77.0 Å². The second-order valence-electron chi connectivity index (χ2n) is 12.5. The predicted molar refractivity (Wildman–Crippen MR) is 157 cm³/mol. The number of fused-ring (bicyclic) bond motifs is 1. The van der Waals surface area contributed by atoms with E-state index < -0.39 is 11.7 Å². The van der Waals surface area contributed by atoms with Crippen LogP contribution in [-0.4, -0.2) is 45.9 Å². The average molecular weight is 545 g/mol. The fourth-order valence-corrected chi connectivity index (χ4v) is 6.53. The molecule has 8 nitrogen and oxygen atoms in total. The van der Waals surface area contributed by atoms with Gasteiger partial charge in [-0.1, -0.05) is 41.6 Å². The van der Waals surface area contributed by atoms with E-state index in [1.54, 1.807) is 17.9 Å². The van der Waals surface area contributed by atoms with Gasteiger partial charge in [-0.3, -0.25) is 9.47 Å². The first kappa shape index (κ1) is 27.8. The summed E-state index contributed by atoms with van der Waals surface area (Å²) in [6.07, 6.45) is 5.71. The molecule has 0 radical (unpaired) electrons. The van der Waals surface area contributed by atoms with E-state index in [1.807, 2.05) is 52.0 Å². The molecule has 1 aromatic heterocycles. The number of ether oxygens (including phenoxy) is 2. The molecule has 8 heteroatoms. The highest BCUT2D eigenvalue weighted by molar-refractivity contribution is 5.97. The van der Waals surface area contributed by atoms with Gasteiger partial charge in [0, 0.05) is 35.3 Å². The fraction of sp³-hybridized carbons (Fsp3) is 0.438. The van der Waals surface area contributed by atoms with Crippen molar-refractivity contribution in [2.75, 3.05) is 13.7 Å². The lowest BCUT2D eigenvalue weighted by Gasteiger charge is -2.53. The van der Waals surface area contributed by atoms with Crippen LogP contribution >= 0.6 is 0 Å². The van der Waals surface area contributed by atoms with Crippen LogP contribution < -0.4 is 10.5 Å². The molecule has 1 saturated carbocycles. The molecular weight excluding hydrogens is 504 g/mol. The molecule has 1 aliphatic heterocycles. The SMILES string of the molecule is C=C1CC2(CCN(Cc3c(OC)cc(C)c4c3ccn4C(=O)OC(C)(C)C)[C@H](c3ccc(/C(N)=N/O)cc3)C2)C1. The Kier molecular flexibility index (Phi) is 7.17. The molecular formula is C32H40N4O4. The number of carbonyl (C=O) groups is 1. The smallest absolute Gasteiger partial charge is 0.419 e. The van der Waals surface area contributed by atoms with Crippen LogP contribution in [0.25, 0.3) is 10.9 Å². The molecule has 1 atom stereocenters. The van der Waals surface area contributed by atoms with Gasteiger partial charge in [0.15, 0.2) is 5.84 Å². The lowest BCUT2D eigenvalue weighted by Crippen LogP contribution is -2.45. The first-order valence-corrected chi connectivity index (χ1v) is 13.8. The summed E-state index contributed by atoms with van der Waals surface area (Å²) in [6.45, 7) is 13.4. The summed E-state index contributed by atoms with van der Waals surface area (Å²) in [5, 5.41) is 13.2. The minimum Gasteiger partial charge on any atom is -0.496 e. The van der Waals surface area contributed by atoms with Gasteiger partial charge < -0.3 is 20.4 Å². The van der Waals surface area contributed by atoms with Gasteiger partial charge in [0.25, 0.3) is 0 Å².